The van der Waals surface area contributed by atoms with E-state index < -0.39 is 0 Å². The van der Waals surface area contributed by atoms with Crippen LogP contribution in [0.25, 0.3) is 0 Å². The highest BCUT2D eigenvalue weighted by molar-refractivity contribution is 7.95. The Balaban J connectivity index is 1.34. The number of rotatable bonds is 10. The van der Waals surface area contributed by atoms with E-state index >= 15 is 0 Å². The summed E-state index contributed by atoms with van der Waals surface area (Å²) in [6.07, 6.45) is 5.03. The maximum Gasteiger partial charge on any atom is 0.149 e. The lowest BCUT2D eigenvalue weighted by molar-refractivity contribution is -0.159. The van der Waals surface area contributed by atoms with E-state index in [0.29, 0.717) is 17.1 Å². The number of nitrogens with one attached hydrogen (secondary N) is 1. The minimum Gasteiger partial charge on any atom is -0.394 e. The van der Waals surface area contributed by atoms with Crippen LogP contribution in [0.3, 0.4) is 0 Å². The van der Waals surface area contributed by atoms with Crippen LogP contribution in [0.2, 0.25) is 10.0 Å². The quantitative estimate of drug-likeness (QED) is 0.138. The monoisotopic (exact) mass is 555 g/mol. The van der Waals surface area contributed by atoms with Gasteiger partial charge in [0.15, 0.2) is 0 Å². The fourth-order valence-corrected chi connectivity index (χ4v) is 6.09. The molecule has 3 heterocycles. The van der Waals surface area contributed by atoms with Gasteiger partial charge in [0.2, 0.25) is 0 Å². The zero-order chi connectivity index (χ0) is 25.5. The first-order chi connectivity index (χ1) is 17.5. The minimum atomic E-state index is 0.0205. The van der Waals surface area contributed by atoms with E-state index in [2.05, 4.69) is 36.2 Å². The van der Waals surface area contributed by atoms with Gasteiger partial charge in [-0.2, -0.15) is 0 Å². The molecule has 198 valence electrons. The van der Waals surface area contributed by atoms with Crippen molar-refractivity contribution in [1.29, 1.82) is 0 Å². The third kappa shape index (κ3) is 6.76. The van der Waals surface area contributed by atoms with E-state index in [1.807, 2.05) is 30.3 Å². The molecule has 0 saturated carbocycles. The summed E-state index contributed by atoms with van der Waals surface area (Å²) in [5.74, 6) is 0.821. The maximum absolute atomic E-state index is 10.1. The second kappa shape index (κ2) is 13.5. The molecule has 2 saturated heterocycles. The second-order valence-corrected chi connectivity index (χ2v) is 10.6. The van der Waals surface area contributed by atoms with Crippen LogP contribution in [0.1, 0.15) is 37.8 Å². The average Bonchev–Trinajstić information content (AvgIpc) is 2.90. The number of anilines is 2. The van der Waals surface area contributed by atoms with Crippen LogP contribution in [0.15, 0.2) is 36.5 Å². The Kier molecular flexibility index (Phi) is 10.4. The molecule has 2 aliphatic rings. The Morgan fingerprint density at radius 1 is 1.17 bits per heavy atom. The highest BCUT2D eigenvalue weighted by Crippen LogP contribution is 2.32. The standard InChI is InChI=1S/C25H35Cl2N5O3S/c1-3-21-16-31(25-23(27)14-20(15-28-25)29-36-35-34-2)12-13-32(21)22-8-10-30(11-9-22)24(17-33)18-4-6-19(26)7-5-18/h4-7,14-15,21-22,24,29,33H,3,8-13,16-17H2,1-2H3/t21-,24?/m0/s1. The van der Waals surface area contributed by atoms with E-state index in [1.165, 1.54) is 7.11 Å². The average molecular weight is 557 g/mol. The van der Waals surface area contributed by atoms with Crippen LogP contribution in [-0.4, -0.2) is 78.4 Å². The molecule has 11 heteroatoms. The van der Waals surface area contributed by atoms with Gasteiger partial charge in [0, 0.05) is 49.8 Å². The second-order valence-electron chi connectivity index (χ2n) is 9.21. The predicted molar refractivity (Wildman–Crippen MR) is 147 cm³/mol. The molecule has 36 heavy (non-hydrogen) atoms. The fraction of sp³-hybridized carbons (Fsp3) is 0.560. The van der Waals surface area contributed by atoms with E-state index in [9.17, 15) is 5.11 Å². The zero-order valence-electron chi connectivity index (χ0n) is 20.8. The number of aliphatic hydroxyl groups excluding tert-OH is 1. The Morgan fingerprint density at radius 2 is 1.92 bits per heavy atom. The van der Waals surface area contributed by atoms with Crippen LogP contribution >= 0.6 is 35.4 Å². The van der Waals surface area contributed by atoms with Crippen LogP contribution in [0, 0.1) is 0 Å². The third-order valence-corrected chi connectivity index (χ3v) is 8.27. The van der Waals surface area contributed by atoms with Gasteiger partial charge in [-0.05, 0) is 43.0 Å². The molecule has 4 rings (SSSR count). The summed E-state index contributed by atoms with van der Waals surface area (Å²) in [4.78, 5) is 16.6. The lowest BCUT2D eigenvalue weighted by atomic mass is 9.96. The highest BCUT2D eigenvalue weighted by Gasteiger charge is 2.35. The number of pyridine rings is 1. The number of piperazine rings is 1. The predicted octanol–water partition coefficient (Wildman–Crippen LogP) is 5.04. The number of piperidine rings is 1. The van der Waals surface area contributed by atoms with Gasteiger partial charge in [-0.1, -0.05) is 42.3 Å². The number of likely N-dealkylation sites (tertiary alicyclic amines) is 1. The summed E-state index contributed by atoms with van der Waals surface area (Å²) < 4.78 is 7.76. The van der Waals surface area contributed by atoms with Crippen molar-refractivity contribution in [3.8, 4) is 0 Å². The molecule has 0 aliphatic carbocycles. The van der Waals surface area contributed by atoms with Gasteiger partial charge in [-0.25, -0.2) is 9.87 Å². The first kappa shape index (κ1) is 27.7. The molecule has 0 bridgehead atoms. The van der Waals surface area contributed by atoms with Crippen molar-refractivity contribution >= 4 is 46.9 Å². The molecule has 2 N–H and O–H groups in total. The summed E-state index contributed by atoms with van der Waals surface area (Å²) >= 11 is 13.6. The van der Waals surface area contributed by atoms with E-state index in [0.717, 1.165) is 86.3 Å². The summed E-state index contributed by atoms with van der Waals surface area (Å²) in [5.41, 5.74) is 1.87. The molecular formula is C25H35Cl2N5O3S. The molecule has 1 unspecified atom stereocenters. The first-order valence-electron chi connectivity index (χ1n) is 12.4. The van der Waals surface area contributed by atoms with Crippen molar-refractivity contribution in [2.75, 3.05) is 56.1 Å². The van der Waals surface area contributed by atoms with Crippen molar-refractivity contribution in [3.63, 3.8) is 0 Å². The summed E-state index contributed by atoms with van der Waals surface area (Å²) in [6, 6.07) is 10.7. The molecule has 2 aliphatic heterocycles. The Bertz CT molecular complexity index is 965. The molecule has 0 spiro atoms. The molecule has 2 aromatic rings. The zero-order valence-corrected chi connectivity index (χ0v) is 23.1. The van der Waals surface area contributed by atoms with Crippen molar-refractivity contribution in [1.82, 2.24) is 14.8 Å². The SMILES string of the molecule is CC[C@H]1CN(c2ncc(NSOOC)cc2Cl)CCN1C1CCN(C(CO)c2ccc(Cl)cc2)CC1. The van der Waals surface area contributed by atoms with Gasteiger partial charge >= 0.3 is 0 Å². The lowest BCUT2D eigenvalue weighted by Gasteiger charge is -2.48. The summed E-state index contributed by atoms with van der Waals surface area (Å²) in [6.45, 7) is 7.10. The largest absolute Gasteiger partial charge is 0.394 e. The molecule has 0 radical (unpaired) electrons. The maximum atomic E-state index is 10.1. The summed E-state index contributed by atoms with van der Waals surface area (Å²) in [5, 5.41) is 11.4. The van der Waals surface area contributed by atoms with Crippen LogP contribution < -0.4 is 9.62 Å². The van der Waals surface area contributed by atoms with Gasteiger partial charge in [-0.3, -0.25) is 9.80 Å². The van der Waals surface area contributed by atoms with E-state index in [-0.39, 0.29) is 12.6 Å². The van der Waals surface area contributed by atoms with Crippen molar-refractivity contribution < 1.29 is 14.3 Å². The first-order valence-corrected chi connectivity index (χ1v) is 13.9. The number of hydrogen-bond acceptors (Lipinski definition) is 9. The van der Waals surface area contributed by atoms with Crippen LogP contribution in [0.5, 0.6) is 0 Å². The third-order valence-electron chi connectivity index (χ3n) is 7.22. The van der Waals surface area contributed by atoms with Crippen molar-refractivity contribution in [2.24, 2.45) is 0 Å². The van der Waals surface area contributed by atoms with Crippen LogP contribution in [-0.2, 0) is 9.22 Å². The van der Waals surface area contributed by atoms with E-state index in [1.54, 1.807) is 6.20 Å². The van der Waals surface area contributed by atoms with Gasteiger partial charge in [0.1, 0.15) is 18.0 Å². The van der Waals surface area contributed by atoms with E-state index in [4.69, 9.17) is 27.5 Å². The molecule has 2 fully saturated rings. The smallest absolute Gasteiger partial charge is 0.149 e. The molecule has 8 nitrogen and oxygen atoms in total. The molecule has 0 amide bonds. The number of benzene rings is 1. The lowest BCUT2D eigenvalue weighted by Crippen LogP contribution is -2.58. The fourth-order valence-electron chi connectivity index (χ4n) is 5.37. The van der Waals surface area contributed by atoms with Gasteiger partial charge in [0.25, 0.3) is 0 Å². The molecule has 1 aromatic heterocycles. The number of aliphatic hydroxyl groups is 1. The van der Waals surface area contributed by atoms with Crippen molar-refractivity contribution in [2.45, 2.75) is 44.3 Å². The topological polar surface area (TPSA) is 73.3 Å². The van der Waals surface area contributed by atoms with Gasteiger partial charge < -0.3 is 14.7 Å². The van der Waals surface area contributed by atoms with Crippen LogP contribution in [0.4, 0.5) is 11.5 Å². The van der Waals surface area contributed by atoms with Crippen molar-refractivity contribution in [3.05, 3.63) is 52.1 Å². The molecular weight excluding hydrogens is 521 g/mol. The number of hydrogen-bond donors (Lipinski definition) is 2. The Labute approximate surface area is 228 Å². The summed E-state index contributed by atoms with van der Waals surface area (Å²) in [7, 11) is 1.45. The van der Waals surface area contributed by atoms with Gasteiger partial charge in [0.05, 0.1) is 36.7 Å². The normalized spacial score (nSPS) is 21.0. The molecule has 1 aromatic carbocycles. The number of halogens is 2. The minimum absolute atomic E-state index is 0.0205. The van der Waals surface area contributed by atoms with Gasteiger partial charge in [-0.15, -0.1) is 4.33 Å². The number of nitrogens with zero attached hydrogens (tertiary/aromatic N) is 4. The molecule has 2 atom stereocenters. The Hall–Kier alpha value is -1.30. The number of aromatic nitrogens is 1. The highest BCUT2D eigenvalue weighted by atomic mass is 35.5. The Morgan fingerprint density at radius 3 is 2.56 bits per heavy atom.